The van der Waals surface area contributed by atoms with E-state index in [1.54, 1.807) is 0 Å². The molecular weight excluding hydrogens is 667 g/mol. The van der Waals surface area contributed by atoms with E-state index < -0.39 is 0 Å². The number of rotatable bonds is 5. The van der Waals surface area contributed by atoms with E-state index in [2.05, 4.69) is 41.0 Å². The van der Waals surface area contributed by atoms with Crippen molar-refractivity contribution in [2.75, 3.05) is 0 Å². The maximum absolute atomic E-state index is 6.55. The average Bonchev–Trinajstić information content (AvgIpc) is 3.78. The van der Waals surface area contributed by atoms with Gasteiger partial charge in [-0.2, -0.15) is 0 Å². The second kappa shape index (κ2) is 12.8. The Balaban J connectivity index is 1.22. The lowest BCUT2D eigenvalue weighted by atomic mass is 9.59. The molecule has 0 aliphatic carbocycles. The summed E-state index contributed by atoms with van der Waals surface area (Å²) in [5, 5.41) is 3.98. The van der Waals surface area contributed by atoms with Crippen LogP contribution in [0, 0.1) is 0 Å². The largest absolute Gasteiger partial charge is 0.456 e. The Morgan fingerprint density at radius 3 is 1.64 bits per heavy atom. The number of nitrogens with zero attached hydrogens (tertiary/aromatic N) is 4. The molecule has 244 valence electrons. The van der Waals surface area contributed by atoms with Gasteiger partial charge in [0.2, 0.25) is 0 Å². The molecule has 0 spiro atoms. The lowest BCUT2D eigenvalue weighted by molar-refractivity contribution is 0.669. The zero-order valence-electron chi connectivity index (χ0n) is 29.4. The van der Waals surface area contributed by atoms with Gasteiger partial charge >= 0.3 is 0 Å². The molecule has 7 aromatic carbocycles. The monoisotopic (exact) mass is 690 g/mol. The first kappa shape index (κ1) is 33.1. The quantitative estimate of drug-likeness (QED) is 0.224. The Labute approximate surface area is 323 Å². The Morgan fingerprint density at radius 2 is 0.964 bits per heavy atom. The van der Waals surface area contributed by atoms with Crippen LogP contribution >= 0.6 is 0 Å². The second-order valence-electron chi connectivity index (χ2n) is 13.5. The van der Waals surface area contributed by atoms with Crippen molar-refractivity contribution in [2.45, 2.75) is 0 Å². The topological polar surface area (TPSA) is 56.7 Å². The molecule has 0 bridgehead atoms. The van der Waals surface area contributed by atoms with Crippen LogP contribution in [-0.4, -0.2) is 58.8 Å². The van der Waals surface area contributed by atoms with Crippen molar-refractivity contribution >= 4 is 110 Å². The molecule has 0 aliphatic heterocycles. The number of benzene rings is 7. The normalized spacial score (nSPS) is 11.6. The third-order valence-electron chi connectivity index (χ3n) is 10.3. The number of furan rings is 1. The summed E-state index contributed by atoms with van der Waals surface area (Å²) in [6, 6.07) is 46.5. The van der Waals surface area contributed by atoms with Crippen LogP contribution in [0.25, 0.3) is 94.7 Å². The highest BCUT2D eigenvalue weighted by Gasteiger charge is 2.21. The molecule has 0 N–H and O–H groups in total. The summed E-state index contributed by atoms with van der Waals surface area (Å²) in [6.45, 7) is 0. The van der Waals surface area contributed by atoms with Gasteiger partial charge in [-0.05, 0) is 53.6 Å². The van der Waals surface area contributed by atoms with E-state index >= 15 is 0 Å². The van der Waals surface area contributed by atoms with Crippen LogP contribution in [0.15, 0.2) is 144 Å². The van der Waals surface area contributed by atoms with Gasteiger partial charge in [0.1, 0.15) is 50.4 Å². The summed E-state index contributed by atoms with van der Waals surface area (Å²) in [5.41, 5.74) is 9.45. The number of hydrogen-bond acceptors (Lipinski definition) is 4. The predicted molar refractivity (Wildman–Crippen MR) is 230 cm³/mol. The van der Waals surface area contributed by atoms with Crippen LogP contribution < -0.4 is 27.3 Å². The van der Waals surface area contributed by atoms with E-state index in [1.165, 1.54) is 0 Å². The summed E-state index contributed by atoms with van der Waals surface area (Å²) in [6.07, 6.45) is 0. The Kier molecular flexibility index (Phi) is 7.70. The van der Waals surface area contributed by atoms with Crippen LogP contribution in [-0.2, 0) is 0 Å². The van der Waals surface area contributed by atoms with Crippen LogP contribution in [0.4, 0.5) is 0 Å². The molecule has 0 atom stereocenters. The van der Waals surface area contributed by atoms with E-state index in [0.717, 1.165) is 71.7 Å². The Bertz CT molecular complexity index is 3070. The number of hydrogen-bond donors (Lipinski definition) is 0. The van der Waals surface area contributed by atoms with E-state index in [4.69, 9.17) is 58.6 Å². The molecule has 55 heavy (non-hydrogen) atoms. The van der Waals surface area contributed by atoms with E-state index in [9.17, 15) is 0 Å². The lowest BCUT2D eigenvalue weighted by Crippen LogP contribution is -2.55. The SMILES string of the molecule is [B]c1c([B])c([B])c(-c2ccc3c4ccccc4n(-c4cccc5oc6ccc(-c7nc(-c8ccccc8)nc(-c8ccccc8)n7)cc6c45)c3c2)c([B])c1[B]. The molecule has 10 radical (unpaired) electrons. The first-order valence-corrected chi connectivity index (χ1v) is 17.7. The van der Waals surface area contributed by atoms with Gasteiger partial charge in [-0.1, -0.05) is 108 Å². The van der Waals surface area contributed by atoms with Gasteiger partial charge in [0.05, 0.1) is 22.1 Å². The molecule has 3 aromatic heterocycles. The summed E-state index contributed by atoms with van der Waals surface area (Å²) in [7, 11) is 31.8. The predicted octanol–water partition coefficient (Wildman–Crippen LogP) is 5.51. The van der Waals surface area contributed by atoms with E-state index in [0.29, 0.717) is 23.0 Å². The summed E-state index contributed by atoms with van der Waals surface area (Å²) in [4.78, 5) is 14.9. The van der Waals surface area contributed by atoms with Crippen molar-refractivity contribution in [2.24, 2.45) is 0 Å². The Hall–Kier alpha value is -6.53. The molecule has 0 unspecified atom stereocenters. The zero-order chi connectivity index (χ0) is 37.4. The Morgan fingerprint density at radius 1 is 0.400 bits per heavy atom. The third-order valence-corrected chi connectivity index (χ3v) is 10.3. The molecule has 10 heteroatoms. The minimum absolute atomic E-state index is 0.177. The number of fused-ring (bicyclic) bond motifs is 6. The van der Waals surface area contributed by atoms with Gasteiger partial charge in [0.25, 0.3) is 0 Å². The molecular formula is C45H23B5N4O. The first-order valence-electron chi connectivity index (χ1n) is 17.7. The summed E-state index contributed by atoms with van der Waals surface area (Å²) >= 11 is 0. The van der Waals surface area contributed by atoms with Gasteiger partial charge in [-0.15, -0.1) is 16.4 Å². The maximum atomic E-state index is 6.55. The minimum Gasteiger partial charge on any atom is -0.456 e. The fraction of sp³-hybridized carbons (Fsp3) is 0. The fourth-order valence-electron chi connectivity index (χ4n) is 7.62. The van der Waals surface area contributed by atoms with Crippen LogP contribution in [0.2, 0.25) is 0 Å². The van der Waals surface area contributed by atoms with E-state index in [-0.39, 0.29) is 27.3 Å². The molecule has 10 aromatic rings. The lowest BCUT2D eigenvalue weighted by Gasteiger charge is -2.21. The van der Waals surface area contributed by atoms with Crippen LogP contribution in [0.1, 0.15) is 0 Å². The molecule has 3 heterocycles. The van der Waals surface area contributed by atoms with Gasteiger partial charge in [0.15, 0.2) is 17.5 Å². The summed E-state index contributed by atoms with van der Waals surface area (Å²) < 4.78 is 8.76. The minimum atomic E-state index is 0.177. The smallest absolute Gasteiger partial charge is 0.164 e. The van der Waals surface area contributed by atoms with Gasteiger partial charge in [0, 0.05) is 32.8 Å². The second-order valence-corrected chi connectivity index (χ2v) is 13.5. The van der Waals surface area contributed by atoms with E-state index in [1.807, 2.05) is 103 Å². The van der Waals surface area contributed by atoms with Gasteiger partial charge in [-0.25, -0.2) is 15.0 Å². The van der Waals surface area contributed by atoms with Crippen molar-refractivity contribution in [1.29, 1.82) is 0 Å². The van der Waals surface area contributed by atoms with Gasteiger partial charge < -0.3 is 8.98 Å². The highest BCUT2D eigenvalue weighted by atomic mass is 16.3. The highest BCUT2D eigenvalue weighted by Crippen LogP contribution is 2.40. The van der Waals surface area contributed by atoms with Crippen LogP contribution in [0.3, 0.4) is 0 Å². The van der Waals surface area contributed by atoms with Crippen LogP contribution in [0.5, 0.6) is 0 Å². The van der Waals surface area contributed by atoms with Crippen molar-refractivity contribution in [1.82, 2.24) is 19.5 Å². The zero-order valence-corrected chi connectivity index (χ0v) is 29.4. The molecule has 0 amide bonds. The van der Waals surface area contributed by atoms with Crippen molar-refractivity contribution in [3.8, 4) is 51.0 Å². The fourth-order valence-corrected chi connectivity index (χ4v) is 7.62. The number of aromatic nitrogens is 4. The van der Waals surface area contributed by atoms with Crippen molar-refractivity contribution in [3.05, 3.63) is 140 Å². The van der Waals surface area contributed by atoms with Gasteiger partial charge in [-0.3, -0.25) is 0 Å². The molecule has 0 saturated carbocycles. The molecule has 0 fully saturated rings. The summed E-state index contributed by atoms with van der Waals surface area (Å²) in [5.74, 6) is 1.74. The molecule has 0 saturated heterocycles. The number of para-hydroxylation sites is 1. The highest BCUT2D eigenvalue weighted by molar-refractivity contribution is 6.68. The van der Waals surface area contributed by atoms with Crippen molar-refractivity contribution in [3.63, 3.8) is 0 Å². The first-order chi connectivity index (χ1) is 26.9. The molecule has 0 aliphatic rings. The van der Waals surface area contributed by atoms with Crippen molar-refractivity contribution < 1.29 is 4.42 Å². The maximum Gasteiger partial charge on any atom is 0.164 e. The molecule has 5 nitrogen and oxygen atoms in total. The standard InChI is InChI=1S/C45H23B5N4O/c46-38-36(39(47)41(49)42(50)40(38)48)26-18-20-29-28-14-7-8-15-31(28)54(33(29)23-26)32-16-9-17-35-37(32)30-22-27(19-21-34(30)55-35)45-52-43(24-10-3-1-4-11-24)51-44(53-45)25-12-5-2-6-13-25/h1-23H. The molecule has 10 rings (SSSR count). The average molecular weight is 690 g/mol. The third kappa shape index (κ3) is 5.27.